The molecule has 1 aromatic heterocycles. The quantitative estimate of drug-likeness (QED) is 0.739. The van der Waals surface area contributed by atoms with Gasteiger partial charge < -0.3 is 15.5 Å². The molecule has 2 heterocycles. The second-order valence-electron chi connectivity index (χ2n) is 6.72. The van der Waals surface area contributed by atoms with Crippen LogP contribution in [-0.2, 0) is 6.54 Å². The normalized spacial score (nSPS) is 19.2. The van der Waals surface area contributed by atoms with E-state index in [2.05, 4.69) is 16.8 Å². The van der Waals surface area contributed by atoms with Gasteiger partial charge in [0.15, 0.2) is 0 Å². The molecule has 7 heteroatoms. The molecule has 1 fully saturated rings. The van der Waals surface area contributed by atoms with Gasteiger partial charge in [-0.05, 0) is 42.8 Å². The molecule has 2 unspecified atom stereocenters. The highest BCUT2D eigenvalue weighted by Gasteiger charge is 2.25. The van der Waals surface area contributed by atoms with Crippen LogP contribution in [0.15, 0.2) is 48.5 Å². The van der Waals surface area contributed by atoms with Crippen LogP contribution < -0.4 is 10.1 Å². The van der Waals surface area contributed by atoms with E-state index in [0.717, 1.165) is 36.1 Å². The SMILES string of the molecule is CC1CNCCC1Oc1nc2ccccc2n1Cc1ccc(F)cc1.Cl.O. The Morgan fingerprint density at radius 2 is 1.93 bits per heavy atom. The van der Waals surface area contributed by atoms with Crippen molar-refractivity contribution in [3.8, 4) is 6.01 Å². The molecule has 4 rings (SSSR count). The van der Waals surface area contributed by atoms with Gasteiger partial charge in [0.1, 0.15) is 11.9 Å². The van der Waals surface area contributed by atoms with E-state index in [-0.39, 0.29) is 29.8 Å². The molecule has 0 aliphatic carbocycles. The van der Waals surface area contributed by atoms with Crippen molar-refractivity contribution in [2.75, 3.05) is 13.1 Å². The number of halogens is 2. The van der Waals surface area contributed by atoms with Gasteiger partial charge in [-0.15, -0.1) is 12.4 Å². The number of piperidine rings is 1. The maximum absolute atomic E-state index is 13.2. The van der Waals surface area contributed by atoms with Crippen molar-refractivity contribution >= 4 is 23.4 Å². The van der Waals surface area contributed by atoms with Crippen LogP contribution in [0.4, 0.5) is 4.39 Å². The van der Waals surface area contributed by atoms with Crippen molar-refractivity contribution in [2.24, 2.45) is 5.92 Å². The lowest BCUT2D eigenvalue weighted by atomic mass is 9.98. The van der Waals surface area contributed by atoms with Gasteiger partial charge in [-0.2, -0.15) is 4.98 Å². The lowest BCUT2D eigenvalue weighted by Crippen LogP contribution is -2.41. The molecule has 146 valence electrons. The van der Waals surface area contributed by atoms with E-state index >= 15 is 0 Å². The highest BCUT2D eigenvalue weighted by atomic mass is 35.5. The summed E-state index contributed by atoms with van der Waals surface area (Å²) < 4.78 is 21.6. The Bertz CT molecular complexity index is 869. The Morgan fingerprint density at radius 1 is 1.19 bits per heavy atom. The summed E-state index contributed by atoms with van der Waals surface area (Å²) in [5, 5.41) is 3.39. The summed E-state index contributed by atoms with van der Waals surface area (Å²) >= 11 is 0. The number of hydrogen-bond acceptors (Lipinski definition) is 3. The monoisotopic (exact) mass is 393 g/mol. The summed E-state index contributed by atoms with van der Waals surface area (Å²) in [4.78, 5) is 4.70. The maximum atomic E-state index is 13.2. The van der Waals surface area contributed by atoms with Crippen LogP contribution >= 0.6 is 12.4 Å². The number of rotatable bonds is 4. The largest absolute Gasteiger partial charge is 0.461 e. The minimum atomic E-state index is -0.223. The van der Waals surface area contributed by atoms with Crippen LogP contribution in [0.2, 0.25) is 0 Å². The zero-order valence-electron chi connectivity index (χ0n) is 15.2. The first-order chi connectivity index (χ1) is 12.2. The van der Waals surface area contributed by atoms with Crippen molar-refractivity contribution in [3.05, 3.63) is 59.9 Å². The molecule has 0 bridgehead atoms. The van der Waals surface area contributed by atoms with Crippen LogP contribution in [-0.4, -0.2) is 34.2 Å². The van der Waals surface area contributed by atoms with Crippen LogP contribution in [0.1, 0.15) is 18.9 Å². The topological polar surface area (TPSA) is 70.6 Å². The smallest absolute Gasteiger partial charge is 0.297 e. The van der Waals surface area contributed by atoms with Gasteiger partial charge in [0.2, 0.25) is 0 Å². The number of fused-ring (bicyclic) bond motifs is 1. The van der Waals surface area contributed by atoms with Crippen molar-refractivity contribution in [1.29, 1.82) is 0 Å². The Hall–Kier alpha value is -2.15. The van der Waals surface area contributed by atoms with Gasteiger partial charge in [-0.3, -0.25) is 4.57 Å². The molecule has 27 heavy (non-hydrogen) atoms. The minimum absolute atomic E-state index is 0. The van der Waals surface area contributed by atoms with Crippen LogP contribution in [0.25, 0.3) is 11.0 Å². The highest BCUT2D eigenvalue weighted by molar-refractivity contribution is 5.85. The van der Waals surface area contributed by atoms with E-state index in [4.69, 9.17) is 9.72 Å². The van der Waals surface area contributed by atoms with E-state index in [1.807, 2.05) is 24.3 Å². The fourth-order valence-electron chi connectivity index (χ4n) is 3.37. The number of benzene rings is 2. The molecule has 3 aromatic rings. The number of imidazole rings is 1. The third kappa shape index (κ3) is 4.58. The number of nitrogens with one attached hydrogen (secondary N) is 1. The summed E-state index contributed by atoms with van der Waals surface area (Å²) in [5.41, 5.74) is 2.97. The number of para-hydroxylation sites is 2. The third-order valence-corrected chi connectivity index (χ3v) is 4.84. The van der Waals surface area contributed by atoms with Crippen molar-refractivity contribution in [3.63, 3.8) is 0 Å². The number of ether oxygens (including phenoxy) is 1. The Balaban J connectivity index is 0.00000131. The van der Waals surface area contributed by atoms with Gasteiger partial charge in [0.05, 0.1) is 17.6 Å². The number of hydrogen-bond donors (Lipinski definition) is 1. The average molecular weight is 394 g/mol. The van der Waals surface area contributed by atoms with Gasteiger partial charge in [-0.25, -0.2) is 4.39 Å². The summed E-state index contributed by atoms with van der Waals surface area (Å²) in [6.45, 7) is 4.73. The van der Waals surface area contributed by atoms with Crippen molar-refractivity contribution in [2.45, 2.75) is 26.0 Å². The zero-order valence-corrected chi connectivity index (χ0v) is 16.0. The second-order valence-corrected chi connectivity index (χ2v) is 6.72. The van der Waals surface area contributed by atoms with Crippen molar-refractivity contribution in [1.82, 2.24) is 14.9 Å². The second kappa shape index (κ2) is 9.17. The lowest BCUT2D eigenvalue weighted by Gasteiger charge is -2.29. The summed E-state index contributed by atoms with van der Waals surface area (Å²) in [6, 6.07) is 15.3. The molecule has 3 N–H and O–H groups in total. The predicted molar refractivity (Wildman–Crippen MR) is 107 cm³/mol. The van der Waals surface area contributed by atoms with Gasteiger partial charge in [0.25, 0.3) is 6.01 Å². The molecule has 1 aliphatic rings. The van der Waals surface area contributed by atoms with Gasteiger partial charge in [0, 0.05) is 12.5 Å². The fraction of sp³-hybridized carbons (Fsp3) is 0.350. The average Bonchev–Trinajstić information content (AvgIpc) is 2.96. The number of aromatic nitrogens is 2. The lowest BCUT2D eigenvalue weighted by molar-refractivity contribution is 0.0976. The maximum Gasteiger partial charge on any atom is 0.297 e. The Labute approximate surface area is 164 Å². The molecular weight excluding hydrogens is 369 g/mol. The summed E-state index contributed by atoms with van der Waals surface area (Å²) in [6.07, 6.45) is 1.13. The minimum Gasteiger partial charge on any atom is -0.461 e. The predicted octanol–water partition coefficient (Wildman–Crippen LogP) is 3.20. The van der Waals surface area contributed by atoms with Gasteiger partial charge in [-0.1, -0.05) is 31.2 Å². The van der Waals surface area contributed by atoms with Gasteiger partial charge >= 0.3 is 0 Å². The molecule has 0 radical (unpaired) electrons. The van der Waals surface area contributed by atoms with Crippen LogP contribution in [0.5, 0.6) is 6.01 Å². The van der Waals surface area contributed by atoms with E-state index in [1.54, 1.807) is 12.1 Å². The van der Waals surface area contributed by atoms with Crippen molar-refractivity contribution < 1.29 is 14.6 Å². The molecule has 5 nitrogen and oxygen atoms in total. The van der Waals surface area contributed by atoms with Crippen LogP contribution in [0.3, 0.4) is 0 Å². The molecule has 0 amide bonds. The van der Waals surface area contributed by atoms with E-state index in [1.165, 1.54) is 12.1 Å². The molecule has 2 atom stereocenters. The van der Waals surface area contributed by atoms with E-state index < -0.39 is 0 Å². The first-order valence-electron chi connectivity index (χ1n) is 8.78. The molecule has 0 spiro atoms. The highest BCUT2D eigenvalue weighted by Crippen LogP contribution is 2.26. The molecule has 0 saturated carbocycles. The van der Waals surface area contributed by atoms with E-state index in [0.29, 0.717) is 18.5 Å². The Kier molecular flexibility index (Phi) is 7.18. The zero-order chi connectivity index (χ0) is 17.2. The third-order valence-electron chi connectivity index (χ3n) is 4.84. The molecule has 1 saturated heterocycles. The first-order valence-corrected chi connectivity index (χ1v) is 8.78. The first kappa shape index (κ1) is 21.2. The number of nitrogens with zero attached hydrogens (tertiary/aromatic N) is 2. The fourth-order valence-corrected chi connectivity index (χ4v) is 3.37. The summed E-state index contributed by atoms with van der Waals surface area (Å²) in [5.74, 6) is 0.215. The Morgan fingerprint density at radius 3 is 2.67 bits per heavy atom. The van der Waals surface area contributed by atoms with Crippen LogP contribution in [0, 0.1) is 11.7 Å². The summed E-state index contributed by atoms with van der Waals surface area (Å²) in [7, 11) is 0. The standard InChI is InChI=1S/C20H22FN3O.ClH.H2O/c1-14-12-22-11-10-19(14)25-20-23-17-4-2-3-5-18(17)24(20)13-15-6-8-16(21)9-7-15;;/h2-9,14,19,22H,10-13H2,1H3;1H;1H2. The van der Waals surface area contributed by atoms with E-state index in [9.17, 15) is 4.39 Å². The molecule has 2 aromatic carbocycles. The molecule has 1 aliphatic heterocycles. The molecular formula is C20H25ClFN3O2.